The number of nitrogens with zero attached hydrogens (tertiary/aromatic N) is 3. The van der Waals surface area contributed by atoms with Crippen LogP contribution < -0.4 is 10.5 Å². The summed E-state index contributed by atoms with van der Waals surface area (Å²) >= 11 is 3.36. The van der Waals surface area contributed by atoms with Crippen LogP contribution in [-0.4, -0.2) is 40.8 Å². The van der Waals surface area contributed by atoms with Gasteiger partial charge in [0, 0.05) is 17.7 Å². The van der Waals surface area contributed by atoms with Gasteiger partial charge in [-0.3, -0.25) is 9.48 Å². The number of amides is 1. The number of carbonyl (C=O) groups is 1. The van der Waals surface area contributed by atoms with Gasteiger partial charge in [-0.05, 0) is 30.3 Å². The minimum atomic E-state index is -0.0440. The van der Waals surface area contributed by atoms with E-state index in [2.05, 4.69) is 21.0 Å². The van der Waals surface area contributed by atoms with E-state index in [1.165, 1.54) is 4.68 Å². The minimum Gasteiger partial charge on any atom is -0.492 e. The van der Waals surface area contributed by atoms with Crippen LogP contribution in [-0.2, 0) is 11.3 Å². The lowest BCUT2D eigenvalue weighted by Gasteiger charge is -2.17. The van der Waals surface area contributed by atoms with Crippen molar-refractivity contribution in [1.29, 1.82) is 0 Å². The molecule has 0 radical (unpaired) electrons. The van der Waals surface area contributed by atoms with E-state index >= 15 is 0 Å². The molecule has 0 aliphatic carbocycles. The maximum atomic E-state index is 12.0. The second-order valence-electron chi connectivity index (χ2n) is 4.56. The summed E-state index contributed by atoms with van der Waals surface area (Å²) < 4.78 is 8.10. The van der Waals surface area contributed by atoms with Gasteiger partial charge in [0.05, 0.1) is 6.54 Å². The zero-order valence-corrected chi connectivity index (χ0v) is 13.3. The predicted octanol–water partition coefficient (Wildman–Crippen LogP) is 1.77. The van der Waals surface area contributed by atoms with Gasteiger partial charge < -0.3 is 15.4 Å². The molecule has 1 amide bonds. The summed E-state index contributed by atoms with van der Waals surface area (Å²) in [6.45, 7) is 1.11. The molecule has 0 bridgehead atoms. The van der Waals surface area contributed by atoms with Gasteiger partial charge in [0.25, 0.3) is 0 Å². The van der Waals surface area contributed by atoms with E-state index in [1.54, 1.807) is 24.2 Å². The molecule has 1 heterocycles. The number of hydrogen-bond acceptors (Lipinski definition) is 4. The fourth-order valence-corrected chi connectivity index (χ4v) is 1.95. The molecule has 2 rings (SSSR count). The number of ether oxygens (including phenoxy) is 1. The smallest absolute Gasteiger partial charge is 0.244 e. The van der Waals surface area contributed by atoms with Crippen molar-refractivity contribution in [2.75, 3.05) is 25.9 Å². The summed E-state index contributed by atoms with van der Waals surface area (Å²) in [5, 5.41) is 3.98. The highest BCUT2D eigenvalue weighted by atomic mass is 79.9. The van der Waals surface area contributed by atoms with Crippen molar-refractivity contribution < 1.29 is 9.53 Å². The first-order chi connectivity index (χ1) is 10.0. The van der Waals surface area contributed by atoms with E-state index in [4.69, 9.17) is 10.5 Å². The van der Waals surface area contributed by atoms with Gasteiger partial charge in [-0.25, -0.2) is 0 Å². The van der Waals surface area contributed by atoms with Crippen molar-refractivity contribution in [3.05, 3.63) is 41.0 Å². The number of halogens is 1. The molecule has 1 aromatic carbocycles. The largest absolute Gasteiger partial charge is 0.492 e. The number of nitrogen functional groups attached to an aromatic ring is 1. The van der Waals surface area contributed by atoms with Gasteiger partial charge in [-0.1, -0.05) is 15.9 Å². The van der Waals surface area contributed by atoms with E-state index in [-0.39, 0.29) is 12.5 Å². The highest BCUT2D eigenvalue weighted by Crippen LogP contribution is 2.15. The Morgan fingerprint density at radius 1 is 1.38 bits per heavy atom. The maximum Gasteiger partial charge on any atom is 0.244 e. The highest BCUT2D eigenvalue weighted by molar-refractivity contribution is 9.10. The van der Waals surface area contributed by atoms with Crippen molar-refractivity contribution in [1.82, 2.24) is 14.7 Å². The SMILES string of the molecule is CN(CCOc1ccc(Br)cc1)C(=O)Cn1ccc(N)n1. The Morgan fingerprint density at radius 3 is 2.71 bits per heavy atom. The first-order valence-electron chi connectivity index (χ1n) is 6.46. The van der Waals surface area contributed by atoms with Crippen molar-refractivity contribution in [3.63, 3.8) is 0 Å². The quantitative estimate of drug-likeness (QED) is 0.859. The van der Waals surface area contributed by atoms with Crippen molar-refractivity contribution in [2.45, 2.75) is 6.54 Å². The first-order valence-corrected chi connectivity index (χ1v) is 7.25. The predicted molar refractivity (Wildman–Crippen MR) is 83.9 cm³/mol. The van der Waals surface area contributed by atoms with Gasteiger partial charge >= 0.3 is 0 Å². The normalized spacial score (nSPS) is 10.4. The van der Waals surface area contributed by atoms with Gasteiger partial charge in [-0.15, -0.1) is 0 Å². The molecule has 0 saturated heterocycles. The standard InChI is InChI=1S/C14H17BrN4O2/c1-18(14(20)10-19-7-6-13(16)17-19)8-9-21-12-4-2-11(15)3-5-12/h2-7H,8-10H2,1H3,(H2,16,17). The summed E-state index contributed by atoms with van der Waals surface area (Å²) in [6.07, 6.45) is 1.68. The molecule has 7 heteroatoms. The van der Waals surface area contributed by atoms with Crippen LogP contribution in [0.3, 0.4) is 0 Å². The van der Waals surface area contributed by atoms with E-state index < -0.39 is 0 Å². The molecule has 1 aromatic heterocycles. The molecule has 0 spiro atoms. The summed E-state index contributed by atoms with van der Waals surface area (Å²) in [7, 11) is 1.74. The molecule has 2 N–H and O–H groups in total. The molecule has 2 aromatic rings. The van der Waals surface area contributed by atoms with Crippen LogP contribution in [0.4, 0.5) is 5.82 Å². The van der Waals surface area contributed by atoms with Crippen LogP contribution in [0.5, 0.6) is 5.75 Å². The molecule has 0 saturated carbocycles. The zero-order valence-electron chi connectivity index (χ0n) is 11.7. The third-order valence-corrected chi connectivity index (χ3v) is 3.42. The topological polar surface area (TPSA) is 73.4 Å². The second-order valence-corrected chi connectivity index (χ2v) is 5.47. The van der Waals surface area contributed by atoms with Gasteiger partial charge in [-0.2, -0.15) is 5.10 Å². The second kappa shape index (κ2) is 7.12. The molecule has 0 fully saturated rings. The lowest BCUT2D eigenvalue weighted by atomic mass is 10.3. The lowest BCUT2D eigenvalue weighted by Crippen LogP contribution is -2.33. The zero-order chi connectivity index (χ0) is 15.2. The number of anilines is 1. The van der Waals surface area contributed by atoms with Crippen LogP contribution in [0.1, 0.15) is 0 Å². The lowest BCUT2D eigenvalue weighted by molar-refractivity contribution is -0.131. The summed E-state index contributed by atoms with van der Waals surface area (Å²) in [6, 6.07) is 9.22. The number of hydrogen-bond donors (Lipinski definition) is 1. The number of likely N-dealkylation sites (N-methyl/N-ethyl adjacent to an activating group) is 1. The molecular formula is C14H17BrN4O2. The van der Waals surface area contributed by atoms with E-state index in [0.29, 0.717) is 19.0 Å². The van der Waals surface area contributed by atoms with Crippen LogP contribution in [0.25, 0.3) is 0 Å². The molecule has 0 aliphatic heterocycles. The number of rotatable bonds is 6. The summed E-state index contributed by atoms with van der Waals surface area (Å²) in [5.41, 5.74) is 5.51. The van der Waals surface area contributed by atoms with Crippen LogP contribution in [0.15, 0.2) is 41.0 Å². The third-order valence-electron chi connectivity index (χ3n) is 2.89. The fraction of sp³-hybridized carbons (Fsp3) is 0.286. The number of aromatic nitrogens is 2. The molecule has 6 nitrogen and oxygen atoms in total. The molecule has 0 atom stereocenters. The number of benzene rings is 1. The van der Waals surface area contributed by atoms with Crippen molar-refractivity contribution in [3.8, 4) is 5.75 Å². The highest BCUT2D eigenvalue weighted by Gasteiger charge is 2.10. The average molecular weight is 353 g/mol. The summed E-state index contributed by atoms with van der Waals surface area (Å²) in [4.78, 5) is 13.6. The average Bonchev–Trinajstić information content (AvgIpc) is 2.86. The number of carbonyl (C=O) groups excluding carboxylic acids is 1. The van der Waals surface area contributed by atoms with Gasteiger partial charge in [0.2, 0.25) is 5.91 Å². The van der Waals surface area contributed by atoms with Crippen LogP contribution in [0, 0.1) is 0 Å². The van der Waals surface area contributed by atoms with E-state index in [0.717, 1.165) is 10.2 Å². The Hall–Kier alpha value is -2.02. The van der Waals surface area contributed by atoms with Gasteiger partial charge in [0.15, 0.2) is 0 Å². The Kier molecular flexibility index (Phi) is 5.21. The van der Waals surface area contributed by atoms with Crippen molar-refractivity contribution in [2.24, 2.45) is 0 Å². The Morgan fingerprint density at radius 2 is 2.10 bits per heavy atom. The molecular weight excluding hydrogens is 336 g/mol. The fourth-order valence-electron chi connectivity index (χ4n) is 1.68. The summed E-state index contributed by atoms with van der Waals surface area (Å²) in [5.74, 6) is 1.14. The van der Waals surface area contributed by atoms with Crippen LogP contribution in [0.2, 0.25) is 0 Å². The Bertz CT molecular complexity index is 597. The maximum absolute atomic E-state index is 12.0. The van der Waals surface area contributed by atoms with E-state index in [1.807, 2.05) is 24.3 Å². The molecule has 21 heavy (non-hydrogen) atoms. The molecule has 0 unspecified atom stereocenters. The monoisotopic (exact) mass is 352 g/mol. The third kappa shape index (κ3) is 4.78. The molecule has 0 aliphatic rings. The van der Waals surface area contributed by atoms with Crippen molar-refractivity contribution >= 4 is 27.7 Å². The van der Waals surface area contributed by atoms with Gasteiger partial charge in [0.1, 0.15) is 24.7 Å². The van der Waals surface area contributed by atoms with Crippen LogP contribution >= 0.6 is 15.9 Å². The molecule has 112 valence electrons. The van der Waals surface area contributed by atoms with E-state index in [9.17, 15) is 4.79 Å². The Balaban J connectivity index is 1.74. The number of nitrogens with two attached hydrogens (primary N) is 1. The Labute approximate surface area is 131 Å². The first kappa shape index (κ1) is 15.4. The minimum absolute atomic E-state index is 0.0440.